The number of carbonyl (C=O) groups excluding carboxylic acids is 2. The lowest BCUT2D eigenvalue weighted by Crippen LogP contribution is -2.58. The highest BCUT2D eigenvalue weighted by molar-refractivity contribution is 6.31. The summed E-state index contributed by atoms with van der Waals surface area (Å²) < 4.78 is 0. The smallest absolute Gasteiger partial charge is 0.273 e. The van der Waals surface area contributed by atoms with Gasteiger partial charge in [0.25, 0.3) is 5.91 Å². The lowest BCUT2D eigenvalue weighted by molar-refractivity contribution is -0.141. The SMILES string of the molecule is CCC1C(=O)N(Cc2ccc3c(N)ncnc3c2)CCN1C(=O)c1cc2ccc(Cl)cc2cn1. The molecule has 3 heterocycles. The van der Waals surface area contributed by atoms with E-state index in [0.29, 0.717) is 42.6 Å². The van der Waals surface area contributed by atoms with Crippen LogP contribution >= 0.6 is 11.6 Å². The molecular weight excluding hydrogens is 452 g/mol. The Labute approximate surface area is 201 Å². The molecule has 0 spiro atoms. The van der Waals surface area contributed by atoms with Gasteiger partial charge in [-0.15, -0.1) is 0 Å². The minimum Gasteiger partial charge on any atom is -0.383 e. The topological polar surface area (TPSA) is 105 Å². The van der Waals surface area contributed by atoms with Crippen LogP contribution < -0.4 is 5.73 Å². The van der Waals surface area contributed by atoms with Crippen molar-refractivity contribution in [2.45, 2.75) is 25.9 Å². The van der Waals surface area contributed by atoms with Crippen LogP contribution in [0.5, 0.6) is 0 Å². The number of fused-ring (bicyclic) bond motifs is 2. The van der Waals surface area contributed by atoms with Gasteiger partial charge in [0.15, 0.2) is 0 Å². The van der Waals surface area contributed by atoms with Crippen LogP contribution in [0.15, 0.2) is 55.0 Å². The second-order valence-electron chi connectivity index (χ2n) is 8.35. The number of hydrogen-bond acceptors (Lipinski definition) is 6. The number of amides is 2. The predicted octanol–water partition coefficient (Wildman–Crippen LogP) is 3.68. The summed E-state index contributed by atoms with van der Waals surface area (Å²) in [5.74, 6) is 0.114. The fourth-order valence-corrected chi connectivity index (χ4v) is 4.63. The molecule has 1 aliphatic rings. The molecule has 9 heteroatoms. The Morgan fingerprint density at radius 2 is 1.94 bits per heavy atom. The molecule has 2 aromatic heterocycles. The standard InChI is InChI=1S/C25H23ClN6O2/c1-2-22-25(34)31(13-15-3-6-19-20(9-15)29-14-30-23(19)27)7-8-32(22)24(33)21-11-16-4-5-18(26)10-17(16)12-28-21/h3-6,9-12,14,22H,2,7-8,13H2,1H3,(H2,27,29,30). The third kappa shape index (κ3) is 4.01. The van der Waals surface area contributed by atoms with Crippen molar-refractivity contribution in [1.29, 1.82) is 0 Å². The van der Waals surface area contributed by atoms with Crippen molar-refractivity contribution in [3.05, 3.63) is 71.3 Å². The van der Waals surface area contributed by atoms with E-state index in [0.717, 1.165) is 27.2 Å². The van der Waals surface area contributed by atoms with E-state index in [1.807, 2.05) is 37.3 Å². The van der Waals surface area contributed by atoms with Gasteiger partial charge in [-0.3, -0.25) is 14.6 Å². The van der Waals surface area contributed by atoms with E-state index in [2.05, 4.69) is 15.0 Å². The Morgan fingerprint density at radius 1 is 1.09 bits per heavy atom. The maximum Gasteiger partial charge on any atom is 0.273 e. The second-order valence-corrected chi connectivity index (χ2v) is 8.79. The van der Waals surface area contributed by atoms with Crippen molar-refractivity contribution in [1.82, 2.24) is 24.8 Å². The summed E-state index contributed by atoms with van der Waals surface area (Å²) in [6.45, 7) is 3.23. The van der Waals surface area contributed by atoms with Crippen molar-refractivity contribution in [2.24, 2.45) is 0 Å². The van der Waals surface area contributed by atoms with Crippen LogP contribution in [0.4, 0.5) is 5.82 Å². The molecule has 5 rings (SSSR count). The Bertz CT molecular complexity index is 1430. The Hall–Kier alpha value is -3.78. The highest BCUT2D eigenvalue weighted by Gasteiger charge is 2.37. The van der Waals surface area contributed by atoms with Gasteiger partial charge < -0.3 is 15.5 Å². The number of pyridine rings is 1. The summed E-state index contributed by atoms with van der Waals surface area (Å²) in [5.41, 5.74) is 7.92. The number of nitrogens with two attached hydrogens (primary N) is 1. The number of nitrogens with zero attached hydrogens (tertiary/aromatic N) is 5. The average molecular weight is 475 g/mol. The zero-order valence-electron chi connectivity index (χ0n) is 18.6. The van der Waals surface area contributed by atoms with Crippen LogP contribution in [0, 0.1) is 0 Å². The Morgan fingerprint density at radius 3 is 2.76 bits per heavy atom. The number of piperazine rings is 1. The number of anilines is 1. The van der Waals surface area contributed by atoms with Gasteiger partial charge in [0.1, 0.15) is 23.9 Å². The quantitative estimate of drug-likeness (QED) is 0.483. The second kappa shape index (κ2) is 8.87. The van der Waals surface area contributed by atoms with Crippen molar-refractivity contribution in [3.63, 3.8) is 0 Å². The van der Waals surface area contributed by atoms with Crippen molar-refractivity contribution in [2.75, 3.05) is 18.8 Å². The zero-order chi connectivity index (χ0) is 23.8. The molecule has 8 nitrogen and oxygen atoms in total. The third-order valence-corrected chi connectivity index (χ3v) is 6.47. The van der Waals surface area contributed by atoms with E-state index in [1.165, 1.54) is 6.33 Å². The van der Waals surface area contributed by atoms with Gasteiger partial charge in [-0.25, -0.2) is 9.97 Å². The molecule has 0 bridgehead atoms. The first-order valence-corrected chi connectivity index (χ1v) is 11.5. The minimum atomic E-state index is -0.539. The van der Waals surface area contributed by atoms with Gasteiger partial charge in [0.2, 0.25) is 5.91 Å². The summed E-state index contributed by atoms with van der Waals surface area (Å²) in [6, 6.07) is 12.4. The lowest BCUT2D eigenvalue weighted by atomic mass is 10.0. The Balaban J connectivity index is 1.35. The first-order valence-electron chi connectivity index (χ1n) is 11.1. The molecule has 0 aliphatic carbocycles. The van der Waals surface area contributed by atoms with E-state index >= 15 is 0 Å². The Kier molecular flexibility index (Phi) is 5.75. The summed E-state index contributed by atoms with van der Waals surface area (Å²) >= 11 is 6.05. The van der Waals surface area contributed by atoms with Crippen LogP contribution in [0.3, 0.4) is 0 Å². The van der Waals surface area contributed by atoms with Crippen LogP contribution in [0.1, 0.15) is 29.4 Å². The minimum absolute atomic E-state index is 0.0723. The molecule has 2 N–H and O–H groups in total. The normalized spacial score (nSPS) is 16.4. The molecule has 1 fully saturated rings. The first kappa shape index (κ1) is 22.0. The molecule has 4 aromatic rings. The molecule has 34 heavy (non-hydrogen) atoms. The number of carbonyl (C=O) groups is 2. The highest BCUT2D eigenvalue weighted by Crippen LogP contribution is 2.24. The summed E-state index contributed by atoms with van der Waals surface area (Å²) in [5, 5.41) is 3.13. The van der Waals surface area contributed by atoms with E-state index in [9.17, 15) is 9.59 Å². The summed E-state index contributed by atoms with van der Waals surface area (Å²) in [7, 11) is 0. The maximum absolute atomic E-state index is 13.3. The zero-order valence-corrected chi connectivity index (χ0v) is 19.4. The highest BCUT2D eigenvalue weighted by atomic mass is 35.5. The molecular formula is C25H23ClN6O2. The van der Waals surface area contributed by atoms with E-state index in [4.69, 9.17) is 17.3 Å². The van der Waals surface area contributed by atoms with Gasteiger partial charge >= 0.3 is 0 Å². The molecule has 1 saturated heterocycles. The van der Waals surface area contributed by atoms with Crippen molar-refractivity contribution < 1.29 is 9.59 Å². The molecule has 1 unspecified atom stereocenters. The molecule has 0 radical (unpaired) electrons. The fraction of sp³-hybridized carbons (Fsp3) is 0.240. The molecule has 2 amide bonds. The lowest BCUT2D eigenvalue weighted by Gasteiger charge is -2.40. The number of hydrogen-bond donors (Lipinski definition) is 1. The largest absolute Gasteiger partial charge is 0.383 e. The number of rotatable bonds is 4. The third-order valence-electron chi connectivity index (χ3n) is 6.24. The maximum atomic E-state index is 13.3. The average Bonchev–Trinajstić information content (AvgIpc) is 2.84. The van der Waals surface area contributed by atoms with Crippen LogP contribution in [-0.2, 0) is 11.3 Å². The summed E-state index contributed by atoms with van der Waals surface area (Å²) in [4.78, 5) is 42.7. The summed E-state index contributed by atoms with van der Waals surface area (Å²) in [6.07, 6.45) is 3.59. The van der Waals surface area contributed by atoms with E-state index in [-0.39, 0.29) is 11.8 Å². The molecule has 172 valence electrons. The monoisotopic (exact) mass is 474 g/mol. The van der Waals surface area contributed by atoms with Gasteiger partial charge in [0, 0.05) is 41.6 Å². The number of nitrogen functional groups attached to an aromatic ring is 1. The predicted molar refractivity (Wildman–Crippen MR) is 131 cm³/mol. The fourth-order valence-electron chi connectivity index (χ4n) is 4.45. The molecule has 1 aliphatic heterocycles. The van der Waals surface area contributed by atoms with Gasteiger partial charge in [0.05, 0.1) is 5.52 Å². The van der Waals surface area contributed by atoms with Gasteiger partial charge in [-0.2, -0.15) is 0 Å². The molecule has 2 aromatic carbocycles. The van der Waals surface area contributed by atoms with Crippen LogP contribution in [0.25, 0.3) is 21.7 Å². The van der Waals surface area contributed by atoms with Crippen LogP contribution in [0.2, 0.25) is 5.02 Å². The number of aromatic nitrogens is 3. The van der Waals surface area contributed by atoms with Gasteiger partial charge in [-0.1, -0.05) is 30.7 Å². The molecule has 1 atom stereocenters. The van der Waals surface area contributed by atoms with E-state index in [1.54, 1.807) is 28.1 Å². The van der Waals surface area contributed by atoms with E-state index < -0.39 is 6.04 Å². The first-order chi connectivity index (χ1) is 16.4. The number of benzene rings is 2. The number of halogens is 1. The van der Waals surface area contributed by atoms with Crippen molar-refractivity contribution in [3.8, 4) is 0 Å². The van der Waals surface area contributed by atoms with Crippen molar-refractivity contribution >= 4 is 50.9 Å². The van der Waals surface area contributed by atoms with Gasteiger partial charge in [-0.05, 0) is 47.7 Å². The van der Waals surface area contributed by atoms with Crippen LogP contribution in [-0.4, -0.2) is 55.7 Å². The molecule has 0 saturated carbocycles.